The average molecular weight is 563 g/mol. The molecule has 0 aliphatic rings. The topological polar surface area (TPSA) is 101 Å². The fourth-order valence-corrected chi connectivity index (χ4v) is 3.99. The van der Waals surface area contributed by atoms with Crippen molar-refractivity contribution in [3.8, 4) is 5.75 Å². The molecule has 0 atom stereocenters. The van der Waals surface area contributed by atoms with Crippen LogP contribution in [0.25, 0.3) is 10.9 Å². The van der Waals surface area contributed by atoms with E-state index in [0.717, 1.165) is 22.9 Å². The number of ether oxygens (including phenoxy) is 1. The molecule has 1 aromatic heterocycles. The van der Waals surface area contributed by atoms with Gasteiger partial charge in [-0.3, -0.25) is 19.8 Å². The number of aryl methyl sites for hydroxylation is 1. The molecule has 9 heteroatoms. The maximum Gasteiger partial charge on any atom is 0.328 e. The highest BCUT2D eigenvalue weighted by atomic mass is 79.9. The Balaban J connectivity index is 1.51. The number of benzene rings is 3. The molecule has 190 valence electrons. The summed E-state index contributed by atoms with van der Waals surface area (Å²) in [5.41, 5.74) is 5.41. The van der Waals surface area contributed by atoms with Crippen molar-refractivity contribution >= 4 is 55.9 Å². The number of nitrogens with zero attached hydrogens (tertiary/aromatic N) is 1. The van der Waals surface area contributed by atoms with Crippen LogP contribution in [-0.2, 0) is 9.59 Å². The third kappa shape index (κ3) is 6.56. The molecule has 0 radical (unpaired) electrons. The lowest BCUT2D eigenvalue weighted by molar-refractivity contribution is -0.133. The summed E-state index contributed by atoms with van der Waals surface area (Å²) in [5, 5.41) is 6.11. The van der Waals surface area contributed by atoms with Crippen molar-refractivity contribution in [3.63, 3.8) is 0 Å². The standard InChI is InChI=1S/C28H27BrN4O4/c1-3-4-15-37-23-12-10-22(11-13-23)31-27(35)28(36)32-33-24-14-7-20(29)16-19(24)17-25(33)26(34)30-21-8-5-18(2)6-9-21/h5-14,16-17H,3-4,15H2,1-2H3,(H,30,34)(H,31,35)(H,32,36). The summed E-state index contributed by atoms with van der Waals surface area (Å²) in [6.07, 6.45) is 1.99. The van der Waals surface area contributed by atoms with E-state index in [-0.39, 0.29) is 5.69 Å². The lowest BCUT2D eigenvalue weighted by atomic mass is 10.2. The zero-order chi connectivity index (χ0) is 26.4. The van der Waals surface area contributed by atoms with E-state index in [1.54, 1.807) is 54.6 Å². The number of anilines is 2. The Morgan fingerprint density at radius 1 is 0.865 bits per heavy atom. The van der Waals surface area contributed by atoms with E-state index in [1.165, 1.54) is 4.68 Å². The molecule has 8 nitrogen and oxygen atoms in total. The summed E-state index contributed by atoms with van der Waals surface area (Å²) >= 11 is 3.43. The molecule has 1 heterocycles. The normalized spacial score (nSPS) is 10.7. The number of fused-ring (bicyclic) bond motifs is 1. The Morgan fingerprint density at radius 2 is 1.54 bits per heavy atom. The second-order valence-corrected chi connectivity index (χ2v) is 9.43. The third-order valence-corrected chi connectivity index (χ3v) is 6.10. The number of carbonyl (C=O) groups is 3. The first kappa shape index (κ1) is 26.0. The van der Waals surface area contributed by atoms with Gasteiger partial charge in [0.15, 0.2) is 0 Å². The van der Waals surface area contributed by atoms with Crippen molar-refractivity contribution in [1.29, 1.82) is 0 Å². The van der Waals surface area contributed by atoms with Crippen LogP contribution in [-0.4, -0.2) is 29.0 Å². The Bertz CT molecular complexity index is 1430. The predicted molar refractivity (Wildman–Crippen MR) is 149 cm³/mol. The highest BCUT2D eigenvalue weighted by Crippen LogP contribution is 2.24. The van der Waals surface area contributed by atoms with E-state index in [2.05, 4.69) is 38.9 Å². The monoisotopic (exact) mass is 562 g/mol. The molecule has 0 saturated carbocycles. The first-order valence-electron chi connectivity index (χ1n) is 11.9. The number of halogens is 1. The Morgan fingerprint density at radius 3 is 2.24 bits per heavy atom. The summed E-state index contributed by atoms with van der Waals surface area (Å²) in [6.45, 7) is 4.66. The number of hydrogen-bond donors (Lipinski definition) is 3. The highest BCUT2D eigenvalue weighted by molar-refractivity contribution is 9.10. The summed E-state index contributed by atoms with van der Waals surface area (Å²) in [7, 11) is 0. The van der Waals surface area contributed by atoms with E-state index >= 15 is 0 Å². The molecule has 0 saturated heterocycles. The van der Waals surface area contributed by atoms with Crippen molar-refractivity contribution in [2.75, 3.05) is 22.7 Å². The van der Waals surface area contributed by atoms with Gasteiger partial charge in [-0.2, -0.15) is 0 Å². The molecule has 3 N–H and O–H groups in total. The van der Waals surface area contributed by atoms with Crippen LogP contribution >= 0.6 is 15.9 Å². The smallest absolute Gasteiger partial charge is 0.328 e. The van der Waals surface area contributed by atoms with Gasteiger partial charge in [0.2, 0.25) is 0 Å². The Labute approximate surface area is 223 Å². The second kappa shape index (κ2) is 11.7. The lowest BCUT2D eigenvalue weighted by Crippen LogP contribution is -2.36. The van der Waals surface area contributed by atoms with Crippen LogP contribution in [0.3, 0.4) is 0 Å². The van der Waals surface area contributed by atoms with Crippen molar-refractivity contribution in [2.24, 2.45) is 0 Å². The minimum atomic E-state index is -0.923. The largest absolute Gasteiger partial charge is 0.494 e. The number of unbranched alkanes of at least 4 members (excludes halogenated alkanes) is 1. The minimum Gasteiger partial charge on any atom is -0.494 e. The van der Waals surface area contributed by atoms with Gasteiger partial charge >= 0.3 is 11.8 Å². The number of rotatable bonds is 8. The lowest BCUT2D eigenvalue weighted by Gasteiger charge is -2.13. The van der Waals surface area contributed by atoms with Crippen molar-refractivity contribution in [3.05, 3.63) is 88.5 Å². The number of hydrogen-bond acceptors (Lipinski definition) is 4. The van der Waals surface area contributed by atoms with Gasteiger partial charge in [-0.1, -0.05) is 47.0 Å². The molecule has 0 fully saturated rings. The van der Waals surface area contributed by atoms with Crippen LogP contribution in [0.15, 0.2) is 77.3 Å². The van der Waals surface area contributed by atoms with Crippen molar-refractivity contribution in [2.45, 2.75) is 26.7 Å². The van der Waals surface area contributed by atoms with Gasteiger partial charge < -0.3 is 15.4 Å². The Hall–Kier alpha value is -4.11. The van der Waals surface area contributed by atoms with E-state index in [4.69, 9.17) is 4.74 Å². The van der Waals surface area contributed by atoms with Gasteiger partial charge in [0.1, 0.15) is 11.4 Å². The van der Waals surface area contributed by atoms with Crippen LogP contribution in [0, 0.1) is 6.92 Å². The molecular weight excluding hydrogens is 536 g/mol. The molecule has 4 rings (SSSR count). The number of amides is 3. The first-order valence-corrected chi connectivity index (χ1v) is 12.7. The number of carbonyl (C=O) groups excluding carboxylic acids is 3. The minimum absolute atomic E-state index is 0.170. The molecule has 3 amide bonds. The molecule has 0 aliphatic heterocycles. The van der Waals surface area contributed by atoms with Crippen LogP contribution in [0.4, 0.5) is 11.4 Å². The predicted octanol–water partition coefficient (Wildman–Crippen LogP) is 5.85. The third-order valence-electron chi connectivity index (χ3n) is 5.60. The van der Waals surface area contributed by atoms with Gasteiger partial charge in [0, 0.05) is 21.2 Å². The molecule has 4 aromatic rings. The highest BCUT2D eigenvalue weighted by Gasteiger charge is 2.21. The van der Waals surface area contributed by atoms with Gasteiger partial charge in [0.25, 0.3) is 5.91 Å². The SMILES string of the molecule is CCCCOc1ccc(NC(=O)C(=O)Nn2c(C(=O)Nc3ccc(C)cc3)cc3cc(Br)ccc32)cc1. The van der Waals surface area contributed by atoms with Crippen LogP contribution in [0.2, 0.25) is 0 Å². The maximum absolute atomic E-state index is 13.1. The molecular formula is C28H27BrN4O4. The van der Waals surface area contributed by atoms with Gasteiger partial charge in [-0.15, -0.1) is 0 Å². The van der Waals surface area contributed by atoms with Crippen LogP contribution in [0.1, 0.15) is 35.8 Å². The number of nitrogens with one attached hydrogen (secondary N) is 3. The maximum atomic E-state index is 13.1. The second-order valence-electron chi connectivity index (χ2n) is 8.51. The van der Waals surface area contributed by atoms with Gasteiger partial charge in [-0.05, 0) is 74.0 Å². The molecule has 0 bridgehead atoms. The van der Waals surface area contributed by atoms with E-state index in [0.29, 0.717) is 34.6 Å². The zero-order valence-electron chi connectivity index (χ0n) is 20.5. The summed E-state index contributed by atoms with van der Waals surface area (Å²) in [5.74, 6) is -1.54. The summed E-state index contributed by atoms with van der Waals surface area (Å²) in [4.78, 5) is 38.6. The fraction of sp³-hybridized carbons (Fsp3) is 0.179. The summed E-state index contributed by atoms with van der Waals surface area (Å²) in [6, 6.07) is 21.2. The number of aromatic nitrogens is 1. The van der Waals surface area contributed by atoms with Crippen LogP contribution in [0.5, 0.6) is 5.75 Å². The van der Waals surface area contributed by atoms with Crippen molar-refractivity contribution < 1.29 is 19.1 Å². The quantitative estimate of drug-likeness (QED) is 0.185. The Kier molecular flexibility index (Phi) is 8.25. The van der Waals surface area contributed by atoms with Crippen LogP contribution < -0.4 is 20.8 Å². The fourth-order valence-electron chi connectivity index (χ4n) is 3.61. The molecule has 3 aromatic carbocycles. The molecule has 37 heavy (non-hydrogen) atoms. The zero-order valence-corrected chi connectivity index (χ0v) is 22.1. The van der Waals surface area contributed by atoms with E-state index in [1.807, 2.05) is 25.1 Å². The molecule has 0 aliphatic carbocycles. The first-order chi connectivity index (χ1) is 17.8. The molecule has 0 unspecified atom stereocenters. The average Bonchev–Trinajstić information content (AvgIpc) is 3.23. The van der Waals surface area contributed by atoms with Gasteiger partial charge in [-0.25, -0.2) is 4.68 Å². The van der Waals surface area contributed by atoms with Crippen molar-refractivity contribution in [1.82, 2.24) is 4.68 Å². The van der Waals surface area contributed by atoms with Gasteiger partial charge in [0.05, 0.1) is 12.1 Å². The summed E-state index contributed by atoms with van der Waals surface area (Å²) < 4.78 is 7.75. The van der Waals surface area contributed by atoms with E-state index < -0.39 is 17.7 Å². The molecule has 0 spiro atoms. The van der Waals surface area contributed by atoms with E-state index in [9.17, 15) is 14.4 Å².